The Labute approximate surface area is 94.2 Å². The summed E-state index contributed by atoms with van der Waals surface area (Å²) in [4.78, 5) is 3.94. The van der Waals surface area contributed by atoms with E-state index in [1.165, 1.54) is 18.5 Å². The van der Waals surface area contributed by atoms with Gasteiger partial charge in [-0.05, 0) is 18.2 Å². The summed E-state index contributed by atoms with van der Waals surface area (Å²) >= 11 is 3.21. The maximum absolute atomic E-state index is 13.1. The number of hydrogen-bond donors (Lipinski definition) is 1. The van der Waals surface area contributed by atoms with E-state index < -0.39 is 0 Å². The standard InChI is InChI=1S/C10H8BrFN2O/c11-7-1-6(2-8(12)3-7)10-9(4-13)14-5-15-10/h1-3,5H,4,13H2. The van der Waals surface area contributed by atoms with Crippen LogP contribution in [0.15, 0.2) is 33.5 Å². The van der Waals surface area contributed by atoms with Crippen LogP contribution < -0.4 is 5.73 Å². The van der Waals surface area contributed by atoms with Gasteiger partial charge in [-0.2, -0.15) is 0 Å². The van der Waals surface area contributed by atoms with Crippen LogP contribution in [0.1, 0.15) is 5.69 Å². The van der Waals surface area contributed by atoms with E-state index in [9.17, 15) is 4.39 Å². The van der Waals surface area contributed by atoms with Crippen LogP contribution in [0.3, 0.4) is 0 Å². The molecule has 0 aliphatic carbocycles. The number of hydrogen-bond acceptors (Lipinski definition) is 3. The molecule has 2 N–H and O–H groups in total. The van der Waals surface area contributed by atoms with E-state index >= 15 is 0 Å². The molecule has 0 saturated carbocycles. The highest BCUT2D eigenvalue weighted by Crippen LogP contribution is 2.26. The smallest absolute Gasteiger partial charge is 0.181 e. The molecular weight excluding hydrogens is 263 g/mol. The average Bonchev–Trinajstić information content (AvgIpc) is 2.63. The summed E-state index contributed by atoms with van der Waals surface area (Å²) in [5, 5.41) is 0. The van der Waals surface area contributed by atoms with Gasteiger partial charge in [-0.25, -0.2) is 9.37 Å². The van der Waals surface area contributed by atoms with Crippen LogP contribution in [0.2, 0.25) is 0 Å². The molecule has 0 saturated heterocycles. The Morgan fingerprint density at radius 2 is 2.20 bits per heavy atom. The summed E-state index contributed by atoms with van der Waals surface area (Å²) in [7, 11) is 0. The fourth-order valence-corrected chi connectivity index (χ4v) is 1.80. The molecule has 2 aromatic rings. The Kier molecular flexibility index (Phi) is 2.83. The second-order valence-electron chi connectivity index (χ2n) is 2.99. The molecule has 1 aromatic heterocycles. The summed E-state index contributed by atoms with van der Waals surface area (Å²) < 4.78 is 19.0. The summed E-state index contributed by atoms with van der Waals surface area (Å²) in [5.74, 6) is 0.177. The molecule has 0 spiro atoms. The number of nitrogens with zero attached hydrogens (tertiary/aromatic N) is 1. The molecule has 0 amide bonds. The van der Waals surface area contributed by atoms with E-state index in [4.69, 9.17) is 10.2 Å². The molecule has 0 bridgehead atoms. The number of rotatable bonds is 2. The van der Waals surface area contributed by atoms with Gasteiger partial charge in [-0.3, -0.25) is 0 Å². The largest absolute Gasteiger partial charge is 0.443 e. The Morgan fingerprint density at radius 1 is 1.40 bits per heavy atom. The zero-order valence-electron chi connectivity index (χ0n) is 7.71. The quantitative estimate of drug-likeness (QED) is 0.913. The Balaban J connectivity index is 2.53. The van der Waals surface area contributed by atoms with Gasteiger partial charge < -0.3 is 10.2 Å². The maximum atomic E-state index is 13.1. The lowest BCUT2D eigenvalue weighted by Gasteiger charge is -2.00. The number of oxazole rings is 1. The monoisotopic (exact) mass is 270 g/mol. The predicted molar refractivity (Wildman–Crippen MR) is 57.5 cm³/mol. The SMILES string of the molecule is NCc1ncoc1-c1cc(F)cc(Br)c1. The molecular formula is C10H8BrFN2O. The van der Waals surface area contributed by atoms with Gasteiger partial charge in [0.05, 0.1) is 0 Å². The molecule has 5 heteroatoms. The van der Waals surface area contributed by atoms with Crippen molar-refractivity contribution >= 4 is 15.9 Å². The Hall–Kier alpha value is -1.20. The fraction of sp³-hybridized carbons (Fsp3) is 0.100. The minimum Gasteiger partial charge on any atom is -0.443 e. The van der Waals surface area contributed by atoms with Crippen molar-refractivity contribution in [3.8, 4) is 11.3 Å². The van der Waals surface area contributed by atoms with Crippen molar-refractivity contribution in [1.29, 1.82) is 0 Å². The van der Waals surface area contributed by atoms with Crippen molar-refractivity contribution in [2.24, 2.45) is 5.73 Å². The van der Waals surface area contributed by atoms with Gasteiger partial charge in [0, 0.05) is 16.6 Å². The third-order valence-electron chi connectivity index (χ3n) is 1.96. The third kappa shape index (κ3) is 2.08. The first-order valence-corrected chi connectivity index (χ1v) is 5.09. The van der Waals surface area contributed by atoms with Crippen molar-refractivity contribution in [3.63, 3.8) is 0 Å². The van der Waals surface area contributed by atoms with Crippen LogP contribution in [0.5, 0.6) is 0 Å². The molecule has 0 fully saturated rings. The van der Waals surface area contributed by atoms with Crippen LogP contribution in [-0.4, -0.2) is 4.98 Å². The van der Waals surface area contributed by atoms with Gasteiger partial charge in [0.25, 0.3) is 0 Å². The maximum Gasteiger partial charge on any atom is 0.181 e. The van der Waals surface area contributed by atoms with Crippen molar-refractivity contribution in [2.75, 3.05) is 0 Å². The second-order valence-corrected chi connectivity index (χ2v) is 3.91. The highest BCUT2D eigenvalue weighted by Gasteiger charge is 2.10. The van der Waals surface area contributed by atoms with Crippen molar-refractivity contribution in [1.82, 2.24) is 4.98 Å². The average molecular weight is 271 g/mol. The topological polar surface area (TPSA) is 52.0 Å². The van der Waals surface area contributed by atoms with Gasteiger partial charge in [-0.1, -0.05) is 15.9 Å². The molecule has 0 aliphatic heterocycles. The minimum absolute atomic E-state index is 0.264. The molecule has 0 atom stereocenters. The molecule has 1 heterocycles. The zero-order chi connectivity index (χ0) is 10.8. The molecule has 1 aromatic carbocycles. The zero-order valence-corrected chi connectivity index (χ0v) is 9.29. The van der Waals surface area contributed by atoms with Crippen molar-refractivity contribution in [2.45, 2.75) is 6.54 Å². The molecule has 3 nitrogen and oxygen atoms in total. The lowest BCUT2D eigenvalue weighted by Crippen LogP contribution is -1.98. The van der Waals surface area contributed by atoms with Crippen molar-refractivity contribution in [3.05, 3.63) is 40.6 Å². The van der Waals surface area contributed by atoms with Gasteiger partial charge in [0.15, 0.2) is 12.2 Å². The molecule has 0 unspecified atom stereocenters. The first-order chi connectivity index (χ1) is 7.20. The van der Waals surface area contributed by atoms with Gasteiger partial charge in [-0.15, -0.1) is 0 Å². The normalized spacial score (nSPS) is 10.6. The van der Waals surface area contributed by atoms with Crippen LogP contribution in [0.25, 0.3) is 11.3 Å². The van der Waals surface area contributed by atoms with Crippen LogP contribution in [0.4, 0.5) is 4.39 Å². The fourth-order valence-electron chi connectivity index (χ4n) is 1.33. The van der Waals surface area contributed by atoms with Gasteiger partial charge in [0.1, 0.15) is 11.5 Å². The van der Waals surface area contributed by atoms with Gasteiger partial charge in [0.2, 0.25) is 0 Å². The van der Waals surface area contributed by atoms with E-state index in [1.807, 2.05) is 0 Å². The first kappa shape index (κ1) is 10.3. The van der Waals surface area contributed by atoms with Crippen LogP contribution in [0, 0.1) is 5.82 Å². The summed E-state index contributed by atoms with van der Waals surface area (Å²) in [6.45, 7) is 0.264. The first-order valence-electron chi connectivity index (χ1n) is 4.29. The predicted octanol–water partition coefficient (Wildman–Crippen LogP) is 2.70. The van der Waals surface area contributed by atoms with Crippen LogP contribution in [-0.2, 0) is 6.54 Å². The third-order valence-corrected chi connectivity index (χ3v) is 2.42. The van der Waals surface area contributed by atoms with E-state index in [-0.39, 0.29) is 12.4 Å². The Morgan fingerprint density at radius 3 is 2.87 bits per heavy atom. The molecule has 15 heavy (non-hydrogen) atoms. The molecule has 78 valence electrons. The van der Waals surface area contributed by atoms with E-state index in [0.29, 0.717) is 21.5 Å². The highest BCUT2D eigenvalue weighted by atomic mass is 79.9. The second kappa shape index (κ2) is 4.12. The summed E-state index contributed by atoms with van der Waals surface area (Å²) in [6.07, 6.45) is 1.30. The number of halogens is 2. The van der Waals surface area contributed by atoms with Gasteiger partial charge >= 0.3 is 0 Å². The highest BCUT2D eigenvalue weighted by molar-refractivity contribution is 9.10. The summed E-state index contributed by atoms with van der Waals surface area (Å²) in [5.41, 5.74) is 6.72. The van der Waals surface area contributed by atoms with E-state index in [0.717, 1.165) is 0 Å². The molecule has 2 rings (SSSR count). The summed E-state index contributed by atoms with van der Waals surface area (Å²) in [6, 6.07) is 4.51. The molecule has 0 radical (unpaired) electrons. The van der Waals surface area contributed by atoms with Crippen LogP contribution >= 0.6 is 15.9 Å². The lowest BCUT2D eigenvalue weighted by molar-refractivity contribution is 0.569. The minimum atomic E-state index is -0.334. The Bertz CT molecular complexity index is 464. The van der Waals surface area contributed by atoms with Crippen molar-refractivity contribution < 1.29 is 8.81 Å². The number of nitrogens with two attached hydrogens (primary N) is 1. The molecule has 0 aliphatic rings. The number of benzene rings is 1. The van der Waals surface area contributed by atoms with E-state index in [1.54, 1.807) is 6.07 Å². The lowest BCUT2D eigenvalue weighted by atomic mass is 10.1. The van der Waals surface area contributed by atoms with E-state index in [2.05, 4.69) is 20.9 Å². The number of aromatic nitrogens is 1.